The second-order valence-corrected chi connectivity index (χ2v) is 7.15. The summed E-state index contributed by atoms with van der Waals surface area (Å²) in [5, 5.41) is 2.79. The molecule has 0 aliphatic rings. The van der Waals surface area contributed by atoms with E-state index in [1.54, 1.807) is 31.4 Å². The number of methoxy groups -OCH3 is 1. The molecule has 6 nitrogen and oxygen atoms in total. The Balaban J connectivity index is 2.07. The summed E-state index contributed by atoms with van der Waals surface area (Å²) in [7, 11) is -2.18. The topological polar surface area (TPSA) is 84.5 Å². The van der Waals surface area contributed by atoms with Gasteiger partial charge in [0, 0.05) is 17.8 Å². The van der Waals surface area contributed by atoms with Gasteiger partial charge in [-0.05, 0) is 55.0 Å². The van der Waals surface area contributed by atoms with Gasteiger partial charge in [-0.15, -0.1) is 0 Å². The SMILES string of the molecule is CCCCNC(=O)c1ccc(S(=O)(=O)Nc2ccc(OC)cc2)cc1. The average molecular weight is 362 g/mol. The highest BCUT2D eigenvalue weighted by Gasteiger charge is 2.15. The minimum absolute atomic E-state index is 0.0911. The zero-order chi connectivity index (χ0) is 18.3. The molecule has 2 rings (SSSR count). The van der Waals surface area contributed by atoms with E-state index >= 15 is 0 Å². The molecule has 0 aliphatic heterocycles. The normalized spacial score (nSPS) is 11.0. The summed E-state index contributed by atoms with van der Waals surface area (Å²) < 4.78 is 32.3. The second kappa shape index (κ2) is 8.53. The Morgan fingerprint density at radius 2 is 1.68 bits per heavy atom. The third-order valence-corrected chi connectivity index (χ3v) is 4.98. The number of amides is 1. The van der Waals surface area contributed by atoms with Crippen molar-refractivity contribution in [1.82, 2.24) is 5.32 Å². The monoisotopic (exact) mass is 362 g/mol. The zero-order valence-electron chi connectivity index (χ0n) is 14.3. The van der Waals surface area contributed by atoms with Gasteiger partial charge >= 0.3 is 0 Å². The lowest BCUT2D eigenvalue weighted by atomic mass is 10.2. The molecule has 2 N–H and O–H groups in total. The summed E-state index contributed by atoms with van der Waals surface area (Å²) >= 11 is 0. The van der Waals surface area contributed by atoms with Gasteiger partial charge in [-0.3, -0.25) is 9.52 Å². The number of nitrogens with one attached hydrogen (secondary N) is 2. The van der Waals surface area contributed by atoms with Crippen LogP contribution >= 0.6 is 0 Å². The quantitative estimate of drug-likeness (QED) is 0.707. The van der Waals surface area contributed by atoms with Crippen molar-refractivity contribution < 1.29 is 17.9 Å². The van der Waals surface area contributed by atoms with Crippen molar-refractivity contribution in [2.24, 2.45) is 0 Å². The van der Waals surface area contributed by atoms with Gasteiger partial charge < -0.3 is 10.1 Å². The minimum Gasteiger partial charge on any atom is -0.497 e. The molecule has 0 spiro atoms. The number of carbonyl (C=O) groups excluding carboxylic acids is 1. The molecule has 2 aromatic carbocycles. The van der Waals surface area contributed by atoms with E-state index in [9.17, 15) is 13.2 Å². The highest BCUT2D eigenvalue weighted by Crippen LogP contribution is 2.19. The summed E-state index contributed by atoms with van der Waals surface area (Å²) in [6, 6.07) is 12.4. The Labute approximate surface area is 148 Å². The molecule has 0 aliphatic carbocycles. The smallest absolute Gasteiger partial charge is 0.261 e. The average Bonchev–Trinajstić information content (AvgIpc) is 2.62. The molecule has 134 valence electrons. The molecule has 25 heavy (non-hydrogen) atoms. The number of benzene rings is 2. The summed E-state index contributed by atoms with van der Waals surface area (Å²) in [6.45, 7) is 2.65. The summed E-state index contributed by atoms with van der Waals surface area (Å²) in [6.07, 6.45) is 1.90. The maximum atomic E-state index is 12.4. The molecule has 0 fully saturated rings. The first kappa shape index (κ1) is 18.8. The highest BCUT2D eigenvalue weighted by molar-refractivity contribution is 7.92. The fourth-order valence-corrected chi connectivity index (χ4v) is 3.20. The molecule has 0 unspecified atom stereocenters. The predicted octanol–water partition coefficient (Wildman–Crippen LogP) is 3.03. The molecule has 0 radical (unpaired) electrons. The first-order valence-corrected chi connectivity index (χ1v) is 9.49. The number of anilines is 1. The standard InChI is InChI=1S/C18H22N2O4S/c1-3-4-13-19-18(21)14-5-11-17(12-6-14)25(22,23)20-15-7-9-16(24-2)10-8-15/h5-12,20H,3-4,13H2,1-2H3,(H,19,21). The third-order valence-electron chi connectivity index (χ3n) is 3.58. The van der Waals surface area contributed by atoms with Gasteiger partial charge in [0.05, 0.1) is 12.0 Å². The van der Waals surface area contributed by atoms with Crippen molar-refractivity contribution in [3.05, 3.63) is 54.1 Å². The second-order valence-electron chi connectivity index (χ2n) is 5.47. The van der Waals surface area contributed by atoms with Gasteiger partial charge in [0.15, 0.2) is 0 Å². The predicted molar refractivity (Wildman–Crippen MR) is 97.5 cm³/mol. The summed E-state index contributed by atoms with van der Waals surface area (Å²) in [5.74, 6) is 0.432. The molecule has 0 saturated carbocycles. The molecule has 2 aromatic rings. The van der Waals surface area contributed by atoms with E-state index in [1.807, 2.05) is 6.92 Å². The Kier molecular flexibility index (Phi) is 6.41. The van der Waals surface area contributed by atoms with Gasteiger partial charge in [-0.1, -0.05) is 13.3 Å². The Morgan fingerprint density at radius 3 is 2.24 bits per heavy atom. The van der Waals surface area contributed by atoms with Crippen LogP contribution in [-0.4, -0.2) is 28.0 Å². The lowest BCUT2D eigenvalue weighted by Crippen LogP contribution is -2.24. The van der Waals surface area contributed by atoms with Crippen LogP contribution in [-0.2, 0) is 10.0 Å². The molecule has 7 heteroatoms. The van der Waals surface area contributed by atoms with E-state index in [2.05, 4.69) is 10.0 Å². The largest absolute Gasteiger partial charge is 0.497 e. The molecule has 1 amide bonds. The van der Waals surface area contributed by atoms with Crippen LogP contribution in [0.25, 0.3) is 0 Å². The molecule has 0 aromatic heterocycles. The summed E-state index contributed by atoms with van der Waals surface area (Å²) in [4.78, 5) is 12.0. The minimum atomic E-state index is -3.72. The molecule has 0 atom stereocenters. The maximum Gasteiger partial charge on any atom is 0.261 e. The molecule has 0 heterocycles. The van der Waals surface area contributed by atoms with Gasteiger partial charge in [-0.25, -0.2) is 8.42 Å². The Hall–Kier alpha value is -2.54. The van der Waals surface area contributed by atoms with Crippen molar-refractivity contribution in [2.75, 3.05) is 18.4 Å². The first-order chi connectivity index (χ1) is 12.0. The number of carbonyl (C=O) groups is 1. The van der Waals surface area contributed by atoms with E-state index in [0.29, 0.717) is 23.5 Å². The van der Waals surface area contributed by atoms with Crippen LogP contribution in [0.4, 0.5) is 5.69 Å². The van der Waals surface area contributed by atoms with Crippen LogP contribution in [0, 0.1) is 0 Å². The van der Waals surface area contributed by atoms with E-state index < -0.39 is 10.0 Å². The van der Waals surface area contributed by atoms with E-state index in [0.717, 1.165) is 12.8 Å². The van der Waals surface area contributed by atoms with Gasteiger partial charge in [0.1, 0.15) is 5.75 Å². The molecular formula is C18H22N2O4S. The third kappa shape index (κ3) is 5.22. The van der Waals surface area contributed by atoms with Crippen LogP contribution in [0.15, 0.2) is 53.4 Å². The number of unbranched alkanes of at least 4 members (excludes halogenated alkanes) is 1. The Bertz CT molecular complexity index is 800. The molecule has 0 bridgehead atoms. The molecular weight excluding hydrogens is 340 g/mol. The van der Waals surface area contributed by atoms with Gasteiger partial charge in [0.25, 0.3) is 15.9 Å². The first-order valence-electron chi connectivity index (χ1n) is 8.01. The van der Waals surface area contributed by atoms with Crippen LogP contribution in [0.3, 0.4) is 0 Å². The lowest BCUT2D eigenvalue weighted by Gasteiger charge is -2.09. The van der Waals surface area contributed by atoms with Crippen LogP contribution in [0.5, 0.6) is 5.75 Å². The van der Waals surface area contributed by atoms with Crippen molar-refractivity contribution in [2.45, 2.75) is 24.7 Å². The van der Waals surface area contributed by atoms with Gasteiger partial charge in [0.2, 0.25) is 0 Å². The van der Waals surface area contributed by atoms with Crippen molar-refractivity contribution in [1.29, 1.82) is 0 Å². The van der Waals surface area contributed by atoms with Crippen molar-refractivity contribution in [3.8, 4) is 5.75 Å². The van der Waals surface area contributed by atoms with Crippen molar-refractivity contribution in [3.63, 3.8) is 0 Å². The zero-order valence-corrected chi connectivity index (χ0v) is 15.1. The van der Waals surface area contributed by atoms with E-state index in [-0.39, 0.29) is 10.8 Å². The number of ether oxygens (including phenoxy) is 1. The maximum absolute atomic E-state index is 12.4. The van der Waals surface area contributed by atoms with Crippen LogP contribution in [0.1, 0.15) is 30.1 Å². The van der Waals surface area contributed by atoms with Crippen LogP contribution < -0.4 is 14.8 Å². The highest BCUT2D eigenvalue weighted by atomic mass is 32.2. The van der Waals surface area contributed by atoms with Gasteiger partial charge in [-0.2, -0.15) is 0 Å². The fraction of sp³-hybridized carbons (Fsp3) is 0.278. The lowest BCUT2D eigenvalue weighted by molar-refractivity contribution is 0.0953. The van der Waals surface area contributed by atoms with Crippen molar-refractivity contribution >= 4 is 21.6 Å². The summed E-state index contributed by atoms with van der Waals surface area (Å²) in [5.41, 5.74) is 0.863. The Morgan fingerprint density at radius 1 is 1.04 bits per heavy atom. The number of sulfonamides is 1. The molecule has 0 saturated heterocycles. The number of hydrogen-bond donors (Lipinski definition) is 2. The number of rotatable bonds is 8. The van der Waals surface area contributed by atoms with E-state index in [4.69, 9.17) is 4.74 Å². The van der Waals surface area contributed by atoms with E-state index in [1.165, 1.54) is 24.3 Å². The van der Waals surface area contributed by atoms with Crippen LogP contribution in [0.2, 0.25) is 0 Å². The number of hydrogen-bond acceptors (Lipinski definition) is 4. The fourth-order valence-electron chi connectivity index (χ4n) is 2.14.